The number of hydrogen-bond acceptors (Lipinski definition) is 2. The van der Waals surface area contributed by atoms with E-state index in [2.05, 4.69) is 33.0 Å². The molecular formula is C16H31NO2. The van der Waals surface area contributed by atoms with Gasteiger partial charge in [0.05, 0.1) is 0 Å². The van der Waals surface area contributed by atoms with Crippen molar-refractivity contribution < 1.29 is 9.59 Å². The summed E-state index contributed by atoms with van der Waals surface area (Å²) < 4.78 is 0. The minimum atomic E-state index is -0.0833. The lowest BCUT2D eigenvalue weighted by Gasteiger charge is -2.34. The van der Waals surface area contributed by atoms with Gasteiger partial charge in [0.15, 0.2) is 0 Å². The highest BCUT2D eigenvalue weighted by Gasteiger charge is 2.32. The maximum Gasteiger partial charge on any atom is 0.220 e. The fraction of sp³-hybridized carbons (Fsp3) is 0.875. The molecule has 0 unspecified atom stereocenters. The molecule has 1 amide bonds. The molecule has 19 heavy (non-hydrogen) atoms. The van der Waals surface area contributed by atoms with E-state index in [0.29, 0.717) is 25.2 Å². The molecule has 112 valence electrons. The van der Waals surface area contributed by atoms with Crippen molar-refractivity contribution in [3.05, 3.63) is 0 Å². The third-order valence-electron chi connectivity index (χ3n) is 3.27. The van der Waals surface area contributed by atoms with Crippen LogP contribution in [-0.4, -0.2) is 18.2 Å². The minimum absolute atomic E-state index is 0.0582. The fourth-order valence-corrected chi connectivity index (χ4v) is 2.79. The molecule has 0 bridgehead atoms. The quantitative estimate of drug-likeness (QED) is 0.732. The van der Waals surface area contributed by atoms with Gasteiger partial charge in [-0.05, 0) is 24.2 Å². The van der Waals surface area contributed by atoms with Crippen LogP contribution in [0.25, 0.3) is 0 Å². The van der Waals surface area contributed by atoms with Crippen LogP contribution in [-0.2, 0) is 9.59 Å². The van der Waals surface area contributed by atoms with Crippen LogP contribution in [0.3, 0.4) is 0 Å². The molecule has 0 spiro atoms. The number of nitrogens with one attached hydrogen (secondary N) is 1. The van der Waals surface area contributed by atoms with Crippen molar-refractivity contribution in [2.75, 3.05) is 6.54 Å². The molecular weight excluding hydrogens is 238 g/mol. The Morgan fingerprint density at radius 3 is 1.89 bits per heavy atom. The van der Waals surface area contributed by atoms with Gasteiger partial charge in [-0.25, -0.2) is 0 Å². The maximum absolute atomic E-state index is 11.9. The van der Waals surface area contributed by atoms with Crippen molar-refractivity contribution in [3.63, 3.8) is 0 Å². The van der Waals surface area contributed by atoms with Gasteiger partial charge < -0.3 is 5.32 Å². The standard InChI is InChI=1S/C16H31NO2/c1-8-17-14(19)10-16(6,7)11-15(4,5)9-13(18)12(2)3/h12H,8-11H2,1-7H3,(H,17,19). The van der Waals surface area contributed by atoms with Gasteiger partial charge in [-0.2, -0.15) is 0 Å². The number of hydrogen-bond donors (Lipinski definition) is 1. The third kappa shape index (κ3) is 8.02. The molecule has 0 atom stereocenters. The summed E-state index contributed by atoms with van der Waals surface area (Å²) in [5, 5.41) is 2.84. The molecule has 0 saturated carbocycles. The average molecular weight is 269 g/mol. The van der Waals surface area contributed by atoms with Gasteiger partial charge in [0, 0.05) is 25.3 Å². The van der Waals surface area contributed by atoms with Gasteiger partial charge in [0.25, 0.3) is 0 Å². The smallest absolute Gasteiger partial charge is 0.220 e. The van der Waals surface area contributed by atoms with Crippen molar-refractivity contribution in [2.24, 2.45) is 16.7 Å². The van der Waals surface area contributed by atoms with E-state index in [1.54, 1.807) is 0 Å². The molecule has 0 saturated heterocycles. The van der Waals surface area contributed by atoms with Gasteiger partial charge in [-0.3, -0.25) is 9.59 Å². The van der Waals surface area contributed by atoms with Crippen molar-refractivity contribution in [1.82, 2.24) is 5.32 Å². The Morgan fingerprint density at radius 2 is 1.47 bits per heavy atom. The van der Waals surface area contributed by atoms with Crippen LogP contribution < -0.4 is 5.32 Å². The number of carbonyl (C=O) groups excluding carboxylic acids is 2. The molecule has 0 aliphatic carbocycles. The first-order valence-corrected chi connectivity index (χ1v) is 7.28. The maximum atomic E-state index is 11.9. The topological polar surface area (TPSA) is 46.2 Å². The molecule has 0 fully saturated rings. The van der Waals surface area contributed by atoms with Crippen LogP contribution in [0.2, 0.25) is 0 Å². The Morgan fingerprint density at radius 1 is 1.00 bits per heavy atom. The Labute approximate surface area is 118 Å². The first-order chi connectivity index (χ1) is 8.49. The Balaban J connectivity index is 4.53. The predicted molar refractivity (Wildman–Crippen MR) is 79.9 cm³/mol. The lowest BCUT2D eigenvalue weighted by atomic mass is 9.70. The predicted octanol–water partition coefficient (Wildman–Crippen LogP) is 3.57. The molecule has 0 aromatic heterocycles. The van der Waals surface area contributed by atoms with Gasteiger partial charge in [0.2, 0.25) is 5.91 Å². The highest BCUT2D eigenvalue weighted by atomic mass is 16.1. The third-order valence-corrected chi connectivity index (χ3v) is 3.27. The number of amides is 1. The number of rotatable bonds is 8. The zero-order chi connectivity index (χ0) is 15.3. The Hall–Kier alpha value is -0.860. The first kappa shape index (κ1) is 18.1. The molecule has 1 N–H and O–H groups in total. The summed E-state index contributed by atoms with van der Waals surface area (Å²) in [5.41, 5.74) is -0.142. The SMILES string of the molecule is CCNC(=O)CC(C)(C)CC(C)(C)CC(=O)C(C)C. The van der Waals surface area contributed by atoms with E-state index in [9.17, 15) is 9.59 Å². The van der Waals surface area contributed by atoms with E-state index < -0.39 is 0 Å². The summed E-state index contributed by atoms with van der Waals surface area (Å²) >= 11 is 0. The van der Waals surface area contributed by atoms with Crippen molar-refractivity contribution in [3.8, 4) is 0 Å². The summed E-state index contributed by atoms with van der Waals surface area (Å²) in [6, 6.07) is 0. The van der Waals surface area contributed by atoms with Crippen molar-refractivity contribution >= 4 is 11.7 Å². The van der Waals surface area contributed by atoms with E-state index in [1.165, 1.54) is 0 Å². The summed E-state index contributed by atoms with van der Waals surface area (Å²) in [4.78, 5) is 23.6. The van der Waals surface area contributed by atoms with Crippen LogP contribution in [0.1, 0.15) is 67.7 Å². The minimum Gasteiger partial charge on any atom is -0.356 e. The second-order valence-corrected chi connectivity index (χ2v) is 7.43. The average Bonchev–Trinajstić information content (AvgIpc) is 2.13. The highest BCUT2D eigenvalue weighted by molar-refractivity contribution is 5.81. The molecule has 0 rings (SSSR count). The second kappa shape index (κ2) is 7.06. The monoisotopic (exact) mass is 269 g/mol. The summed E-state index contributed by atoms with van der Waals surface area (Å²) in [7, 11) is 0. The van der Waals surface area contributed by atoms with Crippen LogP contribution in [0.5, 0.6) is 0 Å². The number of Topliss-reactive ketones (excluding diaryl/α,β-unsaturated/α-hetero) is 1. The Bertz CT molecular complexity index is 317. The van der Waals surface area contributed by atoms with Crippen molar-refractivity contribution in [2.45, 2.75) is 67.7 Å². The zero-order valence-electron chi connectivity index (χ0n) is 13.7. The largest absolute Gasteiger partial charge is 0.356 e. The van der Waals surface area contributed by atoms with Crippen LogP contribution in [0.4, 0.5) is 0 Å². The lowest BCUT2D eigenvalue weighted by Crippen LogP contribution is -2.32. The molecule has 0 aromatic carbocycles. The summed E-state index contributed by atoms with van der Waals surface area (Å²) in [6.07, 6.45) is 1.97. The van der Waals surface area contributed by atoms with Gasteiger partial charge in [-0.15, -0.1) is 0 Å². The molecule has 0 aromatic rings. The molecule has 0 radical (unpaired) electrons. The van der Waals surface area contributed by atoms with E-state index >= 15 is 0 Å². The number of ketones is 1. The second-order valence-electron chi connectivity index (χ2n) is 7.43. The first-order valence-electron chi connectivity index (χ1n) is 7.28. The van der Waals surface area contributed by atoms with Crippen LogP contribution >= 0.6 is 0 Å². The fourth-order valence-electron chi connectivity index (χ4n) is 2.79. The van der Waals surface area contributed by atoms with Crippen LogP contribution in [0, 0.1) is 16.7 Å². The summed E-state index contributed by atoms with van der Waals surface area (Å²) in [6.45, 7) is 14.9. The Kier molecular flexibility index (Phi) is 6.74. The van der Waals surface area contributed by atoms with E-state index in [0.717, 1.165) is 6.42 Å². The van der Waals surface area contributed by atoms with Gasteiger partial charge >= 0.3 is 0 Å². The molecule has 0 heterocycles. The zero-order valence-corrected chi connectivity index (χ0v) is 13.7. The number of carbonyl (C=O) groups is 2. The van der Waals surface area contributed by atoms with E-state index in [4.69, 9.17) is 0 Å². The van der Waals surface area contributed by atoms with Crippen LogP contribution in [0.15, 0.2) is 0 Å². The van der Waals surface area contributed by atoms with Gasteiger partial charge in [0.1, 0.15) is 5.78 Å². The highest BCUT2D eigenvalue weighted by Crippen LogP contribution is 2.38. The molecule has 3 nitrogen and oxygen atoms in total. The van der Waals surface area contributed by atoms with E-state index in [1.807, 2.05) is 20.8 Å². The van der Waals surface area contributed by atoms with E-state index in [-0.39, 0.29) is 22.7 Å². The normalized spacial score (nSPS) is 12.6. The molecule has 0 aliphatic rings. The lowest BCUT2D eigenvalue weighted by molar-refractivity contribution is -0.124. The van der Waals surface area contributed by atoms with Gasteiger partial charge in [-0.1, -0.05) is 41.5 Å². The molecule has 3 heteroatoms. The van der Waals surface area contributed by atoms with Crippen molar-refractivity contribution in [1.29, 1.82) is 0 Å². The summed E-state index contributed by atoms with van der Waals surface area (Å²) in [5.74, 6) is 0.489. The molecule has 0 aliphatic heterocycles.